The number of hydrogen-bond acceptors (Lipinski definition) is 6. The van der Waals surface area contributed by atoms with E-state index in [1.165, 1.54) is 18.4 Å². The Morgan fingerprint density at radius 3 is 2.58 bits per heavy atom. The van der Waals surface area contributed by atoms with E-state index in [1.54, 1.807) is 6.08 Å². The summed E-state index contributed by atoms with van der Waals surface area (Å²) in [6.45, 7) is 2.16. The zero-order valence-electron chi connectivity index (χ0n) is 14.9. The summed E-state index contributed by atoms with van der Waals surface area (Å²) in [4.78, 5) is 37.5. The summed E-state index contributed by atoms with van der Waals surface area (Å²) in [6.07, 6.45) is 6.83. The number of hydrogen-bond donors (Lipinski definition) is 1. The summed E-state index contributed by atoms with van der Waals surface area (Å²) in [5.74, 6) is -3.10. The van der Waals surface area contributed by atoms with Gasteiger partial charge in [-0.25, -0.2) is 4.79 Å². The predicted molar refractivity (Wildman–Crippen MR) is 95.8 cm³/mol. The van der Waals surface area contributed by atoms with E-state index in [9.17, 15) is 19.5 Å². The molecule has 0 spiro atoms. The highest BCUT2D eigenvalue weighted by molar-refractivity contribution is 7.17. The van der Waals surface area contributed by atoms with Crippen LogP contribution in [-0.4, -0.2) is 25.0 Å². The van der Waals surface area contributed by atoms with Gasteiger partial charge >= 0.3 is 5.97 Å². The molecule has 0 aromatic carbocycles. The molecule has 3 atom stereocenters. The second-order valence-electron chi connectivity index (χ2n) is 7.01. The molecule has 1 aromatic heterocycles. The molecule has 1 heterocycles. The fraction of sp³-hybridized carbons (Fsp3) is 0.526. The lowest BCUT2D eigenvalue weighted by molar-refractivity contribution is -0.313. The zero-order chi connectivity index (χ0) is 18.8. The molecule has 0 saturated carbocycles. The summed E-state index contributed by atoms with van der Waals surface area (Å²) >= 11 is 1.40. The van der Waals surface area contributed by atoms with Crippen LogP contribution >= 0.6 is 11.3 Å². The summed E-state index contributed by atoms with van der Waals surface area (Å²) < 4.78 is 4.92. The molecule has 1 N–H and O–H groups in total. The van der Waals surface area contributed by atoms with Gasteiger partial charge in [0.05, 0.1) is 18.6 Å². The molecule has 0 aliphatic heterocycles. The molecular weight excluding hydrogens is 354 g/mol. The van der Waals surface area contributed by atoms with Gasteiger partial charge in [-0.3, -0.25) is 4.79 Å². The van der Waals surface area contributed by atoms with Gasteiger partial charge in [-0.15, -0.1) is 11.3 Å². The van der Waals surface area contributed by atoms with Gasteiger partial charge in [-0.05, 0) is 43.6 Å². The Labute approximate surface area is 156 Å². The van der Waals surface area contributed by atoms with Crippen LogP contribution in [0, 0.1) is 17.8 Å². The Bertz CT molecular complexity index is 766. The van der Waals surface area contributed by atoms with Crippen molar-refractivity contribution in [2.24, 2.45) is 17.8 Å². The number of allylic oxidation sites excluding steroid dienone is 2. The minimum Gasteiger partial charge on any atom is -0.550 e. The fourth-order valence-corrected chi connectivity index (χ4v) is 5.13. The Balaban J connectivity index is 1.89. The van der Waals surface area contributed by atoms with Crippen molar-refractivity contribution in [2.75, 3.05) is 12.4 Å². The predicted octanol–water partition coefficient (Wildman–Crippen LogP) is 1.93. The maximum atomic E-state index is 12.7. The normalized spacial score (nSPS) is 24.6. The van der Waals surface area contributed by atoms with E-state index in [-0.39, 0.29) is 12.3 Å². The van der Waals surface area contributed by atoms with Crippen molar-refractivity contribution < 1.29 is 24.2 Å². The van der Waals surface area contributed by atoms with Gasteiger partial charge in [0.2, 0.25) is 5.91 Å². The first-order valence-corrected chi connectivity index (χ1v) is 9.63. The highest BCUT2D eigenvalue weighted by atomic mass is 32.1. The van der Waals surface area contributed by atoms with Crippen molar-refractivity contribution in [2.45, 2.75) is 39.0 Å². The molecule has 0 fully saturated rings. The monoisotopic (exact) mass is 376 g/mol. The van der Waals surface area contributed by atoms with Crippen LogP contribution in [0.3, 0.4) is 0 Å². The molecule has 2 aliphatic rings. The number of aliphatic carboxylic acids is 1. The number of esters is 1. The summed E-state index contributed by atoms with van der Waals surface area (Å²) in [5.41, 5.74) is 1.37. The number of carboxylic acids is 1. The minimum atomic E-state index is -1.22. The molecule has 3 rings (SSSR count). The van der Waals surface area contributed by atoms with E-state index in [2.05, 4.69) is 12.2 Å². The number of carboxylic acid groups (broad SMARTS) is 1. The van der Waals surface area contributed by atoms with Gasteiger partial charge < -0.3 is 20.0 Å². The molecule has 0 saturated heterocycles. The largest absolute Gasteiger partial charge is 0.550 e. The van der Waals surface area contributed by atoms with Gasteiger partial charge in [0.1, 0.15) is 5.00 Å². The number of ether oxygens (including phenoxy) is 1. The molecular formula is C19H22NO5S-. The lowest BCUT2D eigenvalue weighted by Gasteiger charge is -2.28. The number of fused-ring (bicyclic) bond motifs is 1. The number of methoxy groups -OCH3 is 1. The van der Waals surface area contributed by atoms with E-state index in [1.807, 2.05) is 6.08 Å². The smallest absolute Gasteiger partial charge is 0.341 e. The van der Waals surface area contributed by atoms with Crippen molar-refractivity contribution in [3.8, 4) is 0 Å². The molecule has 26 heavy (non-hydrogen) atoms. The lowest BCUT2D eigenvalue weighted by Crippen LogP contribution is -2.41. The number of anilines is 1. The number of thiophene rings is 1. The van der Waals surface area contributed by atoms with Gasteiger partial charge in [-0.2, -0.15) is 0 Å². The van der Waals surface area contributed by atoms with Crippen LogP contribution in [0.1, 0.15) is 47.0 Å². The SMILES string of the molecule is COC(=O)c1c(NC(=O)[C@@H]2CC=CC[C@H]2C(=O)[O-])sc2c1CC[C@H](C)C2. The van der Waals surface area contributed by atoms with Gasteiger partial charge in [0, 0.05) is 16.8 Å². The maximum Gasteiger partial charge on any atom is 0.341 e. The van der Waals surface area contributed by atoms with Crippen molar-refractivity contribution in [3.63, 3.8) is 0 Å². The van der Waals surface area contributed by atoms with Crippen LogP contribution in [0.5, 0.6) is 0 Å². The summed E-state index contributed by atoms with van der Waals surface area (Å²) in [6, 6.07) is 0. The second-order valence-corrected chi connectivity index (χ2v) is 8.12. The zero-order valence-corrected chi connectivity index (χ0v) is 15.7. The fourth-order valence-electron chi connectivity index (χ4n) is 3.73. The first kappa shape index (κ1) is 18.6. The number of rotatable bonds is 4. The van der Waals surface area contributed by atoms with E-state index < -0.39 is 23.8 Å². The molecule has 2 aliphatic carbocycles. The average molecular weight is 376 g/mol. The first-order valence-electron chi connectivity index (χ1n) is 8.82. The van der Waals surface area contributed by atoms with Crippen LogP contribution in [0.25, 0.3) is 0 Å². The number of carbonyl (C=O) groups is 3. The van der Waals surface area contributed by atoms with Crippen molar-refractivity contribution in [1.29, 1.82) is 0 Å². The second kappa shape index (κ2) is 7.61. The Hall–Kier alpha value is -2.15. The molecule has 7 heteroatoms. The van der Waals surface area contributed by atoms with Gasteiger partial charge in [-0.1, -0.05) is 19.1 Å². The average Bonchev–Trinajstić information content (AvgIpc) is 2.97. The van der Waals surface area contributed by atoms with Crippen LogP contribution in [0.4, 0.5) is 5.00 Å². The van der Waals surface area contributed by atoms with E-state index >= 15 is 0 Å². The van der Waals surface area contributed by atoms with Gasteiger partial charge in [0.15, 0.2) is 0 Å². The number of amides is 1. The molecule has 1 amide bonds. The van der Waals surface area contributed by atoms with Crippen LogP contribution in [0.2, 0.25) is 0 Å². The highest BCUT2D eigenvalue weighted by Gasteiger charge is 2.33. The van der Waals surface area contributed by atoms with Crippen LogP contribution in [0.15, 0.2) is 12.2 Å². The van der Waals surface area contributed by atoms with Crippen molar-refractivity contribution in [1.82, 2.24) is 0 Å². The van der Waals surface area contributed by atoms with Crippen LogP contribution < -0.4 is 10.4 Å². The van der Waals surface area contributed by atoms with E-state index in [0.29, 0.717) is 22.9 Å². The third-order valence-electron chi connectivity index (χ3n) is 5.21. The third kappa shape index (κ3) is 3.53. The van der Waals surface area contributed by atoms with E-state index in [0.717, 1.165) is 29.7 Å². The van der Waals surface area contributed by atoms with Crippen molar-refractivity contribution in [3.05, 3.63) is 28.2 Å². The molecule has 6 nitrogen and oxygen atoms in total. The third-order valence-corrected chi connectivity index (χ3v) is 6.38. The molecule has 1 aromatic rings. The van der Waals surface area contributed by atoms with Crippen molar-refractivity contribution >= 4 is 34.2 Å². The molecule has 0 unspecified atom stereocenters. The minimum absolute atomic E-state index is 0.280. The Kier molecular flexibility index (Phi) is 5.46. The van der Waals surface area contributed by atoms with E-state index in [4.69, 9.17) is 4.74 Å². The van der Waals surface area contributed by atoms with Crippen LogP contribution in [-0.2, 0) is 27.2 Å². The highest BCUT2D eigenvalue weighted by Crippen LogP contribution is 2.40. The maximum absolute atomic E-state index is 12.7. The molecule has 0 radical (unpaired) electrons. The quantitative estimate of drug-likeness (QED) is 0.640. The standard InChI is InChI=1S/C19H23NO5S/c1-10-7-8-13-14(9-10)26-17(15(13)19(24)25-2)20-16(21)11-5-3-4-6-12(11)18(22)23/h3-4,10-12H,5-9H2,1-2H3,(H,20,21)(H,22,23)/p-1/t10-,11+,12+/m0/s1. The van der Waals surface area contributed by atoms with Gasteiger partial charge in [0.25, 0.3) is 0 Å². The first-order chi connectivity index (χ1) is 12.4. The summed E-state index contributed by atoms with van der Waals surface area (Å²) in [7, 11) is 1.32. The Morgan fingerprint density at radius 2 is 1.92 bits per heavy atom. The molecule has 0 bridgehead atoms. The summed E-state index contributed by atoms with van der Waals surface area (Å²) in [5, 5.41) is 14.6. The lowest BCUT2D eigenvalue weighted by atomic mass is 9.82. The number of carbonyl (C=O) groups excluding carboxylic acids is 3. The topological polar surface area (TPSA) is 95.5 Å². The number of nitrogens with one attached hydrogen (secondary N) is 1. The molecule has 140 valence electrons. The Morgan fingerprint density at radius 1 is 1.23 bits per heavy atom.